The Morgan fingerprint density at radius 1 is 1.83 bits per heavy atom. The first-order chi connectivity index (χ1) is 5.74. The maximum atomic E-state index is 7.53. The highest BCUT2D eigenvalue weighted by Crippen LogP contribution is 2.19. The highest BCUT2D eigenvalue weighted by Gasteiger charge is 2.14. The van der Waals surface area contributed by atoms with Crippen LogP contribution in [0.4, 0.5) is 0 Å². The van der Waals surface area contributed by atoms with Crippen molar-refractivity contribution in [2.24, 2.45) is 4.99 Å². The summed E-state index contributed by atoms with van der Waals surface area (Å²) in [6.07, 6.45) is 6.11. The monoisotopic (exact) mass is 198 g/mol. The number of allylic oxidation sites excluding steroid dienone is 1. The summed E-state index contributed by atoms with van der Waals surface area (Å²) >= 11 is 6.54. The molecular formula is C8H10N2S2. The lowest BCUT2D eigenvalue weighted by Crippen LogP contribution is -2.15. The van der Waals surface area contributed by atoms with Gasteiger partial charge in [0.2, 0.25) is 0 Å². The Kier molecular flexibility index (Phi) is 3.62. The molecule has 1 N–H and O–H groups in total. The number of hydrogen-bond acceptors (Lipinski definition) is 4. The van der Waals surface area contributed by atoms with E-state index in [0.29, 0.717) is 5.71 Å². The van der Waals surface area contributed by atoms with Gasteiger partial charge in [-0.2, -0.15) is 0 Å². The van der Waals surface area contributed by atoms with Crippen LogP contribution in [0.2, 0.25) is 0 Å². The molecule has 12 heavy (non-hydrogen) atoms. The van der Waals surface area contributed by atoms with Gasteiger partial charge in [0.15, 0.2) is 0 Å². The predicted molar refractivity (Wildman–Crippen MR) is 59.6 cm³/mol. The van der Waals surface area contributed by atoms with Crippen LogP contribution in [0.15, 0.2) is 17.1 Å². The van der Waals surface area contributed by atoms with E-state index in [1.54, 1.807) is 18.4 Å². The summed E-state index contributed by atoms with van der Waals surface area (Å²) in [4.78, 5) is 4.14. The highest BCUT2D eigenvalue weighted by molar-refractivity contribution is 8.23. The second kappa shape index (κ2) is 4.52. The van der Waals surface area contributed by atoms with Crippen molar-refractivity contribution in [2.45, 2.75) is 18.7 Å². The van der Waals surface area contributed by atoms with E-state index in [1.165, 1.54) is 11.8 Å². The van der Waals surface area contributed by atoms with Crippen LogP contribution < -0.4 is 0 Å². The molecule has 0 amide bonds. The van der Waals surface area contributed by atoms with Gasteiger partial charge < -0.3 is 5.41 Å². The van der Waals surface area contributed by atoms with Crippen LogP contribution in [0.5, 0.6) is 0 Å². The van der Waals surface area contributed by atoms with Crippen LogP contribution in [0.3, 0.4) is 0 Å². The van der Waals surface area contributed by atoms with E-state index in [9.17, 15) is 0 Å². The van der Waals surface area contributed by atoms with Crippen LogP contribution >= 0.6 is 24.0 Å². The first kappa shape index (κ1) is 9.61. The number of thiocarbonyl (C=S) groups is 1. The van der Waals surface area contributed by atoms with Crippen molar-refractivity contribution in [3.8, 4) is 0 Å². The zero-order chi connectivity index (χ0) is 8.97. The fourth-order valence-electron chi connectivity index (χ4n) is 0.739. The molecule has 0 radical (unpaired) electrons. The van der Waals surface area contributed by atoms with Crippen molar-refractivity contribution in [2.75, 3.05) is 0 Å². The third kappa shape index (κ3) is 2.53. The minimum Gasteiger partial charge on any atom is -0.302 e. The lowest BCUT2D eigenvalue weighted by Gasteiger charge is -2.12. The van der Waals surface area contributed by atoms with Crippen LogP contribution in [-0.2, 0) is 0 Å². The number of hydrogen-bond donors (Lipinski definition) is 1. The Morgan fingerprint density at radius 2 is 2.58 bits per heavy atom. The topological polar surface area (TPSA) is 36.2 Å². The van der Waals surface area contributed by atoms with Crippen LogP contribution in [-0.4, -0.2) is 21.5 Å². The molecule has 1 aliphatic heterocycles. The summed E-state index contributed by atoms with van der Waals surface area (Å²) in [5.41, 5.74) is 0.526. The van der Waals surface area contributed by atoms with E-state index in [4.69, 9.17) is 17.6 Å². The van der Waals surface area contributed by atoms with Gasteiger partial charge in [-0.15, -0.1) is 0 Å². The molecule has 0 aromatic heterocycles. The smallest absolute Gasteiger partial charge is 0.141 e. The lowest BCUT2D eigenvalue weighted by molar-refractivity contribution is 1.20. The molecule has 0 saturated heterocycles. The maximum Gasteiger partial charge on any atom is 0.141 e. The summed E-state index contributed by atoms with van der Waals surface area (Å²) < 4.78 is 0.914. The average molecular weight is 198 g/mol. The minimum absolute atomic E-state index is 0.109. The SMILES string of the molecule is CCC(=S)SC1N=CC=CC1=N. The third-order valence-electron chi connectivity index (χ3n) is 1.38. The molecule has 0 aliphatic carbocycles. The fraction of sp³-hybridized carbons (Fsp3) is 0.375. The van der Waals surface area contributed by atoms with Crippen molar-refractivity contribution < 1.29 is 0 Å². The Hall–Kier alpha value is -0.480. The molecule has 1 rings (SSSR count). The quantitative estimate of drug-likeness (QED) is 0.692. The molecule has 1 unspecified atom stereocenters. The van der Waals surface area contributed by atoms with Gasteiger partial charge in [-0.1, -0.05) is 30.9 Å². The van der Waals surface area contributed by atoms with Gasteiger partial charge in [0.1, 0.15) is 5.37 Å². The van der Waals surface area contributed by atoms with Crippen molar-refractivity contribution >= 4 is 40.1 Å². The van der Waals surface area contributed by atoms with Crippen molar-refractivity contribution in [1.82, 2.24) is 0 Å². The number of thioether (sulfide) groups is 1. The number of dihydropyridines is 1. The molecule has 0 aromatic rings. The van der Waals surface area contributed by atoms with Crippen molar-refractivity contribution in [3.05, 3.63) is 12.2 Å². The molecule has 0 aromatic carbocycles. The summed E-state index contributed by atoms with van der Waals surface area (Å²) in [7, 11) is 0. The molecule has 4 heteroatoms. The van der Waals surface area contributed by atoms with Gasteiger partial charge in [-0.25, -0.2) is 0 Å². The van der Waals surface area contributed by atoms with Crippen molar-refractivity contribution in [3.63, 3.8) is 0 Å². The zero-order valence-electron chi connectivity index (χ0n) is 6.78. The van der Waals surface area contributed by atoms with Gasteiger partial charge >= 0.3 is 0 Å². The lowest BCUT2D eigenvalue weighted by atomic mass is 10.3. The fourth-order valence-corrected chi connectivity index (χ4v) is 1.76. The number of rotatable bonds is 2. The standard InChI is InChI=1S/C8H10N2S2/c1-2-7(11)12-8-6(9)4-3-5-10-8/h3-5,8-9H,2H2,1H3. The van der Waals surface area contributed by atoms with E-state index < -0.39 is 0 Å². The van der Waals surface area contributed by atoms with E-state index in [1.807, 2.05) is 6.92 Å². The molecule has 2 nitrogen and oxygen atoms in total. The van der Waals surface area contributed by atoms with Gasteiger partial charge in [-0.05, 0) is 18.6 Å². The molecule has 0 spiro atoms. The Balaban J connectivity index is 2.53. The molecule has 0 bridgehead atoms. The highest BCUT2D eigenvalue weighted by atomic mass is 32.2. The second-order valence-electron chi connectivity index (χ2n) is 2.31. The molecular weight excluding hydrogens is 188 g/mol. The predicted octanol–water partition coefficient (Wildman–Crippen LogP) is 2.44. The number of nitrogens with zero attached hydrogens (tertiary/aromatic N) is 1. The third-order valence-corrected chi connectivity index (χ3v) is 3.11. The van der Waals surface area contributed by atoms with E-state index in [2.05, 4.69) is 4.99 Å². The van der Waals surface area contributed by atoms with E-state index in [-0.39, 0.29) is 5.37 Å². The largest absolute Gasteiger partial charge is 0.302 e. The van der Waals surface area contributed by atoms with Gasteiger partial charge in [-0.3, -0.25) is 4.99 Å². The molecule has 0 fully saturated rings. The molecule has 1 aliphatic rings. The molecule has 1 atom stereocenters. The molecule has 64 valence electrons. The van der Waals surface area contributed by atoms with Crippen LogP contribution in [0.1, 0.15) is 13.3 Å². The van der Waals surface area contributed by atoms with Crippen LogP contribution in [0.25, 0.3) is 0 Å². The summed E-state index contributed by atoms with van der Waals surface area (Å²) in [5, 5.41) is 7.42. The van der Waals surface area contributed by atoms with Crippen molar-refractivity contribution in [1.29, 1.82) is 5.41 Å². The summed E-state index contributed by atoms with van der Waals surface area (Å²) in [6, 6.07) is 0. The van der Waals surface area contributed by atoms with Gasteiger partial charge in [0, 0.05) is 6.21 Å². The second-order valence-corrected chi connectivity index (χ2v) is 4.23. The number of nitrogens with one attached hydrogen (secondary N) is 1. The summed E-state index contributed by atoms with van der Waals surface area (Å²) in [5.74, 6) is 0. The first-order valence-corrected chi connectivity index (χ1v) is 5.00. The average Bonchev–Trinajstić information content (AvgIpc) is 2.09. The zero-order valence-corrected chi connectivity index (χ0v) is 8.41. The van der Waals surface area contributed by atoms with Crippen LogP contribution in [0, 0.1) is 5.41 Å². The maximum absolute atomic E-state index is 7.53. The van der Waals surface area contributed by atoms with E-state index >= 15 is 0 Å². The Morgan fingerprint density at radius 3 is 3.17 bits per heavy atom. The Labute approximate surface area is 81.7 Å². The summed E-state index contributed by atoms with van der Waals surface area (Å²) in [6.45, 7) is 2.02. The normalized spacial score (nSPS) is 21.4. The first-order valence-electron chi connectivity index (χ1n) is 3.72. The Bertz CT molecular complexity index is 256. The molecule has 0 saturated carbocycles. The van der Waals surface area contributed by atoms with Gasteiger partial charge in [0.05, 0.1) is 9.91 Å². The van der Waals surface area contributed by atoms with Gasteiger partial charge in [0.25, 0.3) is 0 Å². The van der Waals surface area contributed by atoms with E-state index in [0.717, 1.165) is 10.6 Å². The number of aliphatic imine (C=N–C) groups is 1. The minimum atomic E-state index is -0.109. The molecule has 1 heterocycles.